The molecular formula is C20H27N5O2. The van der Waals surface area contributed by atoms with E-state index in [4.69, 9.17) is 4.74 Å². The molecule has 0 spiro atoms. The van der Waals surface area contributed by atoms with Crippen LogP contribution in [-0.4, -0.2) is 65.7 Å². The molecule has 1 amide bonds. The molecule has 2 aromatic rings. The van der Waals surface area contributed by atoms with Crippen molar-refractivity contribution in [3.05, 3.63) is 24.0 Å². The molecule has 5 rings (SSSR count). The van der Waals surface area contributed by atoms with E-state index >= 15 is 0 Å². The molecule has 0 unspecified atom stereocenters. The molecule has 0 radical (unpaired) electrons. The first-order valence-corrected chi connectivity index (χ1v) is 10.1. The van der Waals surface area contributed by atoms with Crippen LogP contribution in [0.15, 0.2) is 18.2 Å². The third-order valence-electron chi connectivity index (χ3n) is 6.20. The van der Waals surface area contributed by atoms with Gasteiger partial charge in [0.25, 0.3) is 0 Å². The fourth-order valence-electron chi connectivity index (χ4n) is 4.70. The van der Waals surface area contributed by atoms with Gasteiger partial charge < -0.3 is 20.4 Å². The molecule has 27 heavy (non-hydrogen) atoms. The summed E-state index contributed by atoms with van der Waals surface area (Å²) in [6, 6.07) is 6.83. The number of nitrogens with one attached hydrogen (secondary N) is 3. The summed E-state index contributed by atoms with van der Waals surface area (Å²) >= 11 is 0. The third kappa shape index (κ3) is 3.59. The Morgan fingerprint density at radius 1 is 1.30 bits per heavy atom. The lowest BCUT2D eigenvalue weighted by molar-refractivity contribution is -0.120. The van der Waals surface area contributed by atoms with Crippen LogP contribution in [-0.2, 0) is 16.0 Å². The van der Waals surface area contributed by atoms with Crippen LogP contribution in [0, 0.1) is 5.92 Å². The minimum absolute atomic E-state index is 0.102. The predicted molar refractivity (Wildman–Crippen MR) is 104 cm³/mol. The number of aromatic nitrogens is 2. The average molecular weight is 369 g/mol. The first kappa shape index (κ1) is 17.2. The van der Waals surface area contributed by atoms with Gasteiger partial charge in [-0.2, -0.15) is 0 Å². The van der Waals surface area contributed by atoms with Crippen LogP contribution in [0.4, 0.5) is 5.69 Å². The SMILES string of the molecule is O=C(Nc1ccc2nc(CCN3CCOCC3)[nH]c2c1)[C@@H]1C[C@H]2CC[C@@H]1N2. The van der Waals surface area contributed by atoms with Gasteiger partial charge >= 0.3 is 0 Å². The van der Waals surface area contributed by atoms with Crippen LogP contribution in [0.25, 0.3) is 11.0 Å². The van der Waals surface area contributed by atoms with Gasteiger partial charge in [0.1, 0.15) is 5.82 Å². The lowest BCUT2D eigenvalue weighted by Gasteiger charge is -2.25. The first-order valence-electron chi connectivity index (χ1n) is 10.1. The summed E-state index contributed by atoms with van der Waals surface area (Å²) in [5, 5.41) is 6.63. The molecule has 7 heteroatoms. The number of aromatic amines is 1. The Morgan fingerprint density at radius 3 is 2.96 bits per heavy atom. The molecular weight excluding hydrogens is 342 g/mol. The summed E-state index contributed by atoms with van der Waals surface area (Å²) in [6.45, 7) is 4.62. The van der Waals surface area contributed by atoms with Crippen LogP contribution in [0.1, 0.15) is 25.1 Å². The molecule has 3 aliphatic rings. The van der Waals surface area contributed by atoms with Crippen molar-refractivity contribution in [1.29, 1.82) is 0 Å². The molecule has 0 saturated carbocycles. The summed E-state index contributed by atoms with van der Waals surface area (Å²) in [5.41, 5.74) is 2.78. The van der Waals surface area contributed by atoms with Gasteiger partial charge in [0, 0.05) is 43.8 Å². The number of amides is 1. The maximum Gasteiger partial charge on any atom is 0.229 e. The maximum atomic E-state index is 12.6. The third-order valence-corrected chi connectivity index (χ3v) is 6.20. The number of rotatable bonds is 5. The van der Waals surface area contributed by atoms with E-state index in [1.54, 1.807) is 0 Å². The van der Waals surface area contributed by atoms with Crippen molar-refractivity contribution in [2.45, 2.75) is 37.8 Å². The van der Waals surface area contributed by atoms with Gasteiger partial charge in [-0.1, -0.05) is 0 Å². The van der Waals surface area contributed by atoms with Crippen molar-refractivity contribution in [3.63, 3.8) is 0 Å². The van der Waals surface area contributed by atoms with E-state index in [9.17, 15) is 4.79 Å². The van der Waals surface area contributed by atoms with Crippen molar-refractivity contribution in [2.75, 3.05) is 38.2 Å². The van der Waals surface area contributed by atoms with Gasteiger partial charge in [-0.25, -0.2) is 4.98 Å². The standard InChI is InChI=1S/C20H27N5O2/c26-20(15-11-13-1-3-16(15)21-13)22-14-2-4-17-18(12-14)24-19(23-17)5-6-25-7-9-27-10-8-25/h2,4,12-13,15-16,21H,1,3,5-11H2,(H,22,26)(H,23,24)/t13-,15-,16+/m1/s1. The molecule has 4 heterocycles. The second kappa shape index (κ2) is 7.22. The smallest absolute Gasteiger partial charge is 0.229 e. The number of anilines is 1. The Balaban J connectivity index is 1.23. The molecule has 3 fully saturated rings. The van der Waals surface area contributed by atoms with Crippen molar-refractivity contribution in [2.24, 2.45) is 5.92 Å². The van der Waals surface area contributed by atoms with Crippen LogP contribution < -0.4 is 10.6 Å². The number of hydrogen-bond acceptors (Lipinski definition) is 5. The number of nitrogens with zero attached hydrogens (tertiary/aromatic N) is 2. The first-order chi connectivity index (χ1) is 13.2. The predicted octanol–water partition coefficient (Wildman–Crippen LogP) is 1.52. The van der Waals surface area contributed by atoms with Crippen LogP contribution in [0.2, 0.25) is 0 Å². The molecule has 144 valence electrons. The molecule has 1 aromatic carbocycles. The van der Waals surface area contributed by atoms with E-state index in [1.807, 2.05) is 18.2 Å². The summed E-state index contributed by atoms with van der Waals surface area (Å²) in [5.74, 6) is 1.24. The average Bonchev–Trinajstić information content (AvgIpc) is 3.42. The molecule has 3 N–H and O–H groups in total. The highest BCUT2D eigenvalue weighted by Gasteiger charge is 2.42. The Morgan fingerprint density at radius 2 is 2.19 bits per heavy atom. The Labute approximate surface area is 158 Å². The fourth-order valence-corrected chi connectivity index (χ4v) is 4.70. The lowest BCUT2D eigenvalue weighted by Crippen LogP contribution is -2.37. The summed E-state index contributed by atoms with van der Waals surface area (Å²) in [4.78, 5) is 23.1. The monoisotopic (exact) mass is 369 g/mol. The normalized spacial score (nSPS) is 28.1. The number of carbonyl (C=O) groups is 1. The van der Waals surface area contributed by atoms with Crippen LogP contribution in [0.5, 0.6) is 0 Å². The second-order valence-electron chi connectivity index (χ2n) is 8.00. The van der Waals surface area contributed by atoms with E-state index < -0.39 is 0 Å². The van der Waals surface area contributed by atoms with Gasteiger partial charge in [0.15, 0.2) is 0 Å². The molecule has 2 bridgehead atoms. The number of carbonyl (C=O) groups excluding carboxylic acids is 1. The van der Waals surface area contributed by atoms with Crippen LogP contribution in [0.3, 0.4) is 0 Å². The summed E-state index contributed by atoms with van der Waals surface area (Å²) in [7, 11) is 0. The van der Waals surface area contributed by atoms with Crippen molar-refractivity contribution in [3.8, 4) is 0 Å². The highest BCUT2D eigenvalue weighted by atomic mass is 16.5. The summed E-state index contributed by atoms with van der Waals surface area (Å²) < 4.78 is 5.39. The fraction of sp³-hybridized carbons (Fsp3) is 0.600. The number of hydrogen-bond donors (Lipinski definition) is 3. The van der Waals surface area contributed by atoms with Crippen molar-refractivity contribution in [1.82, 2.24) is 20.2 Å². The van der Waals surface area contributed by atoms with Crippen molar-refractivity contribution >= 4 is 22.6 Å². The van der Waals surface area contributed by atoms with Gasteiger partial charge in [-0.15, -0.1) is 0 Å². The minimum Gasteiger partial charge on any atom is -0.379 e. The van der Waals surface area contributed by atoms with Crippen molar-refractivity contribution < 1.29 is 9.53 Å². The Bertz CT molecular complexity index is 829. The molecule has 1 aromatic heterocycles. The van der Waals surface area contributed by atoms with E-state index in [2.05, 4.69) is 25.5 Å². The zero-order valence-corrected chi connectivity index (χ0v) is 15.5. The number of ether oxygens (including phenoxy) is 1. The number of benzene rings is 1. The maximum absolute atomic E-state index is 12.6. The van der Waals surface area contributed by atoms with E-state index in [-0.39, 0.29) is 11.8 Å². The second-order valence-corrected chi connectivity index (χ2v) is 8.00. The lowest BCUT2D eigenvalue weighted by atomic mass is 9.88. The Hall–Kier alpha value is -1.96. The molecule has 3 aliphatic heterocycles. The quantitative estimate of drug-likeness (QED) is 0.744. The molecule has 7 nitrogen and oxygen atoms in total. The van der Waals surface area contributed by atoms with E-state index in [0.29, 0.717) is 12.1 Å². The van der Waals surface area contributed by atoms with Gasteiger partial charge in [0.2, 0.25) is 5.91 Å². The Kier molecular flexibility index (Phi) is 4.59. The molecule has 3 atom stereocenters. The highest BCUT2D eigenvalue weighted by molar-refractivity contribution is 5.95. The van der Waals surface area contributed by atoms with Crippen LogP contribution >= 0.6 is 0 Å². The van der Waals surface area contributed by atoms with Gasteiger partial charge in [-0.3, -0.25) is 9.69 Å². The minimum atomic E-state index is 0.102. The topological polar surface area (TPSA) is 82.3 Å². The molecule has 3 saturated heterocycles. The largest absolute Gasteiger partial charge is 0.379 e. The van der Waals surface area contributed by atoms with Gasteiger partial charge in [-0.05, 0) is 37.5 Å². The number of morpholine rings is 1. The number of H-pyrrole nitrogens is 1. The van der Waals surface area contributed by atoms with E-state index in [0.717, 1.165) is 74.7 Å². The summed E-state index contributed by atoms with van der Waals surface area (Å²) in [6.07, 6.45) is 4.19. The highest BCUT2D eigenvalue weighted by Crippen LogP contribution is 2.34. The number of fused-ring (bicyclic) bond motifs is 3. The molecule has 0 aliphatic carbocycles. The zero-order valence-electron chi connectivity index (χ0n) is 15.5. The van der Waals surface area contributed by atoms with E-state index in [1.165, 1.54) is 6.42 Å². The van der Waals surface area contributed by atoms with Gasteiger partial charge in [0.05, 0.1) is 30.2 Å². The number of imidazole rings is 1. The zero-order chi connectivity index (χ0) is 18.2.